The van der Waals surface area contributed by atoms with Crippen LogP contribution in [-0.2, 0) is 6.42 Å². The quantitative estimate of drug-likeness (QED) is 0.159. The molecule has 0 unspecified atom stereocenters. The van der Waals surface area contributed by atoms with E-state index < -0.39 is 0 Å². The minimum absolute atomic E-state index is 1.04. The Hall–Kier alpha value is -3.39. The first-order chi connectivity index (χ1) is 16.8. The van der Waals surface area contributed by atoms with Gasteiger partial charge in [0, 0.05) is 27.1 Å². The molecule has 0 bridgehead atoms. The fourth-order valence-corrected chi connectivity index (χ4v) is 4.89. The van der Waals surface area contributed by atoms with Crippen molar-refractivity contribution in [1.82, 2.24) is 0 Å². The molecule has 0 spiro atoms. The monoisotopic (exact) mass is 458 g/mol. The Morgan fingerprint density at radius 3 is 1.94 bits per heavy atom. The second kappa shape index (κ2) is 12.2. The molecule has 0 fully saturated rings. The van der Waals surface area contributed by atoms with Crippen molar-refractivity contribution >= 4 is 22.5 Å². The fraction of sp³-hybridized carbons (Fsp3) is 0.212. The van der Waals surface area contributed by atoms with Crippen LogP contribution in [0.4, 0.5) is 0 Å². The molecule has 0 aliphatic heterocycles. The molecule has 0 heterocycles. The Morgan fingerprint density at radius 2 is 1.29 bits per heavy atom. The van der Waals surface area contributed by atoms with Gasteiger partial charge in [-0.05, 0) is 77.4 Å². The van der Waals surface area contributed by atoms with Crippen molar-refractivity contribution in [2.75, 3.05) is 5.75 Å². The third kappa shape index (κ3) is 6.35. The number of unbranched alkanes of at least 4 members (excludes halogenated alkanes) is 1. The summed E-state index contributed by atoms with van der Waals surface area (Å²) in [5.41, 5.74) is 5.54. The zero-order valence-corrected chi connectivity index (χ0v) is 20.8. The maximum atomic E-state index is 3.41. The van der Waals surface area contributed by atoms with Crippen LogP contribution < -0.4 is 0 Å². The number of fused-ring (bicyclic) bond motifs is 1. The van der Waals surface area contributed by atoms with Crippen molar-refractivity contribution in [3.8, 4) is 23.7 Å². The first kappa shape index (κ1) is 23.8. The number of hydrogen-bond donors (Lipinski definition) is 0. The summed E-state index contributed by atoms with van der Waals surface area (Å²) in [5.74, 6) is 14.7. The summed E-state index contributed by atoms with van der Waals surface area (Å²) in [6.45, 7) is 4.44. The lowest BCUT2D eigenvalue weighted by Crippen LogP contribution is -1.86. The normalized spacial score (nSPS) is 10.3. The highest BCUT2D eigenvalue weighted by Crippen LogP contribution is 2.23. The van der Waals surface area contributed by atoms with Gasteiger partial charge < -0.3 is 0 Å². The average molecular weight is 459 g/mol. The van der Waals surface area contributed by atoms with Gasteiger partial charge in [0.2, 0.25) is 0 Å². The molecule has 0 amide bonds. The smallest absolute Gasteiger partial charge is 0.0328 e. The van der Waals surface area contributed by atoms with Crippen LogP contribution in [0.3, 0.4) is 0 Å². The highest BCUT2D eigenvalue weighted by Gasteiger charge is 2.03. The predicted octanol–water partition coefficient (Wildman–Crippen LogP) is 8.48. The van der Waals surface area contributed by atoms with E-state index in [1.54, 1.807) is 0 Å². The molecule has 0 aromatic heterocycles. The number of rotatable bonds is 6. The molecule has 0 saturated heterocycles. The van der Waals surface area contributed by atoms with Gasteiger partial charge in [0.15, 0.2) is 0 Å². The zero-order chi connectivity index (χ0) is 23.6. The van der Waals surface area contributed by atoms with Crippen LogP contribution in [0.2, 0.25) is 0 Å². The Balaban J connectivity index is 1.60. The summed E-state index contributed by atoms with van der Waals surface area (Å²) < 4.78 is 0. The van der Waals surface area contributed by atoms with E-state index in [1.165, 1.54) is 23.3 Å². The molecule has 4 rings (SSSR count). The van der Waals surface area contributed by atoms with E-state index in [9.17, 15) is 0 Å². The largest absolute Gasteiger partial charge is 0.126 e. The van der Waals surface area contributed by atoms with Crippen molar-refractivity contribution < 1.29 is 0 Å². The van der Waals surface area contributed by atoms with Crippen LogP contribution >= 0.6 is 11.8 Å². The zero-order valence-electron chi connectivity index (χ0n) is 20.0. The number of thioether (sulfide) groups is 1. The summed E-state index contributed by atoms with van der Waals surface area (Å²) in [7, 11) is 0. The van der Waals surface area contributed by atoms with Crippen LogP contribution in [0.15, 0.2) is 89.8 Å². The van der Waals surface area contributed by atoms with Gasteiger partial charge >= 0.3 is 0 Å². The molecular weight excluding hydrogens is 428 g/mol. The molecule has 0 aliphatic rings. The van der Waals surface area contributed by atoms with E-state index in [0.29, 0.717) is 0 Å². The third-order valence-electron chi connectivity index (χ3n) is 5.70. The van der Waals surface area contributed by atoms with Crippen molar-refractivity contribution in [3.05, 3.63) is 113 Å². The van der Waals surface area contributed by atoms with Gasteiger partial charge in [-0.1, -0.05) is 92.8 Å². The maximum Gasteiger partial charge on any atom is 0.0328 e. The lowest BCUT2D eigenvalue weighted by molar-refractivity contribution is 0.896. The minimum atomic E-state index is 1.04. The molecule has 1 heteroatoms. The fourth-order valence-electron chi connectivity index (χ4n) is 3.84. The summed E-state index contributed by atoms with van der Waals surface area (Å²) in [4.78, 5) is 1.29. The number of benzene rings is 4. The van der Waals surface area contributed by atoms with Gasteiger partial charge in [0.05, 0.1) is 0 Å². The molecule has 0 N–H and O–H groups in total. The Labute approximate surface area is 208 Å². The Morgan fingerprint density at radius 1 is 0.618 bits per heavy atom. The highest BCUT2D eigenvalue weighted by atomic mass is 32.2. The molecule has 0 saturated carbocycles. The average Bonchev–Trinajstić information content (AvgIpc) is 2.88. The van der Waals surface area contributed by atoms with Crippen LogP contribution in [0.5, 0.6) is 0 Å². The minimum Gasteiger partial charge on any atom is -0.126 e. The van der Waals surface area contributed by atoms with Crippen molar-refractivity contribution in [1.29, 1.82) is 0 Å². The molecule has 0 aliphatic carbocycles. The molecule has 0 atom stereocenters. The number of hydrogen-bond acceptors (Lipinski definition) is 1. The maximum absolute atomic E-state index is 3.41. The van der Waals surface area contributed by atoms with Crippen LogP contribution in [-0.4, -0.2) is 5.75 Å². The SMILES string of the molecule is CCCCSc1cccc(C#Cc2ccc(C#Cc3ccc(CCC)cc3)c3ccccc23)c1. The Bertz CT molecular complexity index is 1370. The van der Waals surface area contributed by atoms with Gasteiger partial charge in [-0.3, -0.25) is 0 Å². The molecule has 4 aromatic rings. The van der Waals surface area contributed by atoms with Crippen molar-refractivity contribution in [2.45, 2.75) is 44.4 Å². The molecule has 0 radical (unpaired) electrons. The molecular formula is C33H30S. The van der Waals surface area contributed by atoms with Gasteiger partial charge in [0.25, 0.3) is 0 Å². The lowest BCUT2D eigenvalue weighted by atomic mass is 9.99. The summed E-state index contributed by atoms with van der Waals surface area (Å²) >= 11 is 1.91. The highest BCUT2D eigenvalue weighted by molar-refractivity contribution is 7.99. The van der Waals surface area contributed by atoms with Gasteiger partial charge in [-0.15, -0.1) is 11.8 Å². The van der Waals surface area contributed by atoms with Gasteiger partial charge in [-0.25, -0.2) is 0 Å². The van der Waals surface area contributed by atoms with E-state index in [-0.39, 0.29) is 0 Å². The summed E-state index contributed by atoms with van der Waals surface area (Å²) in [6, 6.07) is 29.8. The summed E-state index contributed by atoms with van der Waals surface area (Å²) in [5, 5.41) is 2.29. The molecule has 34 heavy (non-hydrogen) atoms. The molecule has 168 valence electrons. The molecule has 0 nitrogen and oxygen atoms in total. The lowest BCUT2D eigenvalue weighted by Gasteiger charge is -2.04. The van der Waals surface area contributed by atoms with Crippen LogP contribution in [0.1, 0.15) is 60.9 Å². The van der Waals surface area contributed by atoms with Crippen LogP contribution in [0.25, 0.3) is 10.8 Å². The third-order valence-corrected chi connectivity index (χ3v) is 6.78. The number of aryl methyl sites for hydroxylation is 1. The van der Waals surface area contributed by atoms with E-state index in [4.69, 9.17) is 0 Å². The first-order valence-electron chi connectivity index (χ1n) is 12.1. The van der Waals surface area contributed by atoms with E-state index in [0.717, 1.165) is 51.6 Å². The van der Waals surface area contributed by atoms with E-state index in [1.807, 2.05) is 11.8 Å². The van der Waals surface area contributed by atoms with Crippen molar-refractivity contribution in [2.24, 2.45) is 0 Å². The van der Waals surface area contributed by atoms with E-state index in [2.05, 4.69) is 122 Å². The van der Waals surface area contributed by atoms with E-state index >= 15 is 0 Å². The van der Waals surface area contributed by atoms with Crippen molar-refractivity contribution in [3.63, 3.8) is 0 Å². The van der Waals surface area contributed by atoms with Crippen LogP contribution in [0, 0.1) is 23.7 Å². The molecule has 4 aromatic carbocycles. The second-order valence-electron chi connectivity index (χ2n) is 8.38. The first-order valence-corrected chi connectivity index (χ1v) is 13.1. The van der Waals surface area contributed by atoms with Gasteiger partial charge in [-0.2, -0.15) is 0 Å². The standard InChI is InChI=1S/C33H30S/c1-3-5-24-34-31-11-8-10-28(25-31)19-21-30-23-22-29(32-12-6-7-13-33(30)32)20-18-27-16-14-26(9-4-2)15-17-27/h6-8,10-17,22-23,25H,3-5,9,24H2,1-2H3. The second-order valence-corrected chi connectivity index (χ2v) is 9.55. The van der Waals surface area contributed by atoms with Gasteiger partial charge in [0.1, 0.15) is 0 Å². The predicted molar refractivity (Wildman–Crippen MR) is 148 cm³/mol. The Kier molecular flexibility index (Phi) is 8.51. The topological polar surface area (TPSA) is 0 Å². The summed E-state index contributed by atoms with van der Waals surface area (Å²) in [6.07, 6.45) is 4.75.